The fourth-order valence-corrected chi connectivity index (χ4v) is 2.22. The van der Waals surface area contributed by atoms with E-state index < -0.39 is 0 Å². The number of benzene rings is 1. The van der Waals surface area contributed by atoms with Gasteiger partial charge in [0.2, 0.25) is 0 Å². The highest BCUT2D eigenvalue weighted by molar-refractivity contribution is 5.97. The molecule has 0 aromatic heterocycles. The number of hydrogen-bond acceptors (Lipinski definition) is 3. The number of aryl methyl sites for hydroxylation is 1. The van der Waals surface area contributed by atoms with Gasteiger partial charge in [0, 0.05) is 24.1 Å². The van der Waals surface area contributed by atoms with E-state index in [2.05, 4.69) is 12.2 Å². The Kier molecular flexibility index (Phi) is 3.92. The molecule has 1 saturated heterocycles. The summed E-state index contributed by atoms with van der Waals surface area (Å²) in [4.78, 5) is 12.1. The molecule has 0 spiro atoms. The van der Waals surface area contributed by atoms with Crippen LogP contribution in [0.4, 0.5) is 0 Å². The zero-order valence-corrected chi connectivity index (χ0v) is 10.4. The van der Waals surface area contributed by atoms with Gasteiger partial charge in [0.15, 0.2) is 5.78 Å². The smallest absolute Gasteiger partial charge is 0.164 e. The van der Waals surface area contributed by atoms with Crippen LogP contribution in [0, 0.1) is 6.92 Å². The number of morpholine rings is 1. The third kappa shape index (κ3) is 3.14. The van der Waals surface area contributed by atoms with Gasteiger partial charge in [-0.1, -0.05) is 24.3 Å². The molecule has 0 aliphatic carbocycles. The van der Waals surface area contributed by atoms with E-state index in [1.165, 1.54) is 0 Å². The molecule has 92 valence electrons. The van der Waals surface area contributed by atoms with E-state index in [9.17, 15) is 4.79 Å². The van der Waals surface area contributed by atoms with Gasteiger partial charge in [0.05, 0.1) is 13.2 Å². The number of ether oxygens (including phenoxy) is 1. The Balaban J connectivity index is 1.99. The van der Waals surface area contributed by atoms with Crippen LogP contribution < -0.4 is 5.32 Å². The second kappa shape index (κ2) is 5.43. The summed E-state index contributed by atoms with van der Waals surface area (Å²) in [6, 6.07) is 8.21. The van der Waals surface area contributed by atoms with Crippen molar-refractivity contribution in [3.63, 3.8) is 0 Å². The highest BCUT2D eigenvalue weighted by Gasteiger charge is 2.21. The maximum Gasteiger partial charge on any atom is 0.164 e. The molecule has 3 heteroatoms. The first-order valence-corrected chi connectivity index (χ1v) is 6.09. The first-order chi connectivity index (χ1) is 8.16. The first kappa shape index (κ1) is 12.3. The molecule has 0 saturated carbocycles. The van der Waals surface area contributed by atoms with Crippen LogP contribution in [-0.2, 0) is 4.74 Å². The lowest BCUT2D eigenvalue weighted by atomic mass is 9.99. The van der Waals surface area contributed by atoms with Crippen LogP contribution in [0.15, 0.2) is 24.3 Å². The molecule has 3 nitrogen and oxygen atoms in total. The Hall–Kier alpha value is -1.19. The van der Waals surface area contributed by atoms with E-state index >= 15 is 0 Å². The Labute approximate surface area is 102 Å². The predicted octanol–water partition coefficient (Wildman–Crippen LogP) is 1.94. The van der Waals surface area contributed by atoms with Crippen LogP contribution in [0.1, 0.15) is 29.3 Å². The number of hydrogen-bond donors (Lipinski definition) is 1. The summed E-state index contributed by atoms with van der Waals surface area (Å²) in [5.74, 6) is 0.193. The Morgan fingerprint density at radius 2 is 2.18 bits per heavy atom. The minimum atomic E-state index is 0.144. The van der Waals surface area contributed by atoms with Gasteiger partial charge in [-0.05, 0) is 19.4 Å². The zero-order valence-electron chi connectivity index (χ0n) is 10.4. The number of ketones is 1. The summed E-state index contributed by atoms with van der Waals surface area (Å²) in [6.45, 7) is 5.40. The monoisotopic (exact) mass is 233 g/mol. The molecule has 1 N–H and O–H groups in total. The quantitative estimate of drug-likeness (QED) is 0.811. The van der Waals surface area contributed by atoms with Gasteiger partial charge in [-0.25, -0.2) is 0 Å². The molecule has 0 amide bonds. The average Bonchev–Trinajstić information content (AvgIpc) is 2.29. The fraction of sp³-hybridized carbons (Fsp3) is 0.500. The van der Waals surface area contributed by atoms with Crippen molar-refractivity contribution in [1.29, 1.82) is 0 Å². The van der Waals surface area contributed by atoms with Crippen LogP contribution in [0.5, 0.6) is 0 Å². The molecule has 0 bridgehead atoms. The molecule has 1 fully saturated rings. The molecule has 2 unspecified atom stereocenters. The van der Waals surface area contributed by atoms with Gasteiger partial charge >= 0.3 is 0 Å². The van der Waals surface area contributed by atoms with Crippen LogP contribution in [-0.4, -0.2) is 31.1 Å². The second-order valence-electron chi connectivity index (χ2n) is 4.74. The topological polar surface area (TPSA) is 38.3 Å². The van der Waals surface area contributed by atoms with Gasteiger partial charge in [-0.15, -0.1) is 0 Å². The largest absolute Gasteiger partial charge is 0.378 e. The number of carbonyl (C=O) groups is 1. The van der Waals surface area contributed by atoms with Crippen LogP contribution in [0.2, 0.25) is 0 Å². The Bertz CT molecular complexity index is 403. The van der Waals surface area contributed by atoms with E-state index in [0.717, 1.165) is 17.7 Å². The molecule has 2 atom stereocenters. The van der Waals surface area contributed by atoms with Crippen molar-refractivity contribution in [2.75, 3.05) is 13.2 Å². The lowest BCUT2D eigenvalue weighted by molar-refractivity contribution is 0.0463. The summed E-state index contributed by atoms with van der Waals surface area (Å²) in [5.41, 5.74) is 1.87. The van der Waals surface area contributed by atoms with Gasteiger partial charge in [0.25, 0.3) is 0 Å². The zero-order chi connectivity index (χ0) is 12.3. The number of rotatable bonds is 3. The third-order valence-electron chi connectivity index (χ3n) is 3.08. The third-order valence-corrected chi connectivity index (χ3v) is 3.08. The summed E-state index contributed by atoms with van der Waals surface area (Å²) >= 11 is 0. The van der Waals surface area contributed by atoms with E-state index in [1.807, 2.05) is 31.2 Å². The van der Waals surface area contributed by atoms with E-state index in [0.29, 0.717) is 19.1 Å². The molecule has 2 rings (SSSR count). The molecule has 1 heterocycles. The SMILES string of the molecule is Cc1ccccc1C(=O)CC1COCC(C)N1. The molecule has 1 aromatic carbocycles. The summed E-state index contributed by atoms with van der Waals surface area (Å²) in [7, 11) is 0. The number of carbonyl (C=O) groups excluding carboxylic acids is 1. The summed E-state index contributed by atoms with van der Waals surface area (Å²) < 4.78 is 5.45. The van der Waals surface area contributed by atoms with Crippen molar-refractivity contribution < 1.29 is 9.53 Å². The lowest BCUT2D eigenvalue weighted by Gasteiger charge is -2.28. The fourth-order valence-electron chi connectivity index (χ4n) is 2.22. The van der Waals surface area contributed by atoms with Crippen LogP contribution >= 0.6 is 0 Å². The predicted molar refractivity (Wildman–Crippen MR) is 67.3 cm³/mol. The van der Waals surface area contributed by atoms with Crippen molar-refractivity contribution in [2.24, 2.45) is 0 Å². The van der Waals surface area contributed by atoms with Gasteiger partial charge in [-0.3, -0.25) is 4.79 Å². The van der Waals surface area contributed by atoms with Crippen molar-refractivity contribution in [2.45, 2.75) is 32.4 Å². The normalized spacial score (nSPS) is 24.6. The molecule has 1 aliphatic rings. The van der Waals surface area contributed by atoms with Crippen molar-refractivity contribution >= 4 is 5.78 Å². The maximum absolute atomic E-state index is 12.1. The Morgan fingerprint density at radius 1 is 1.41 bits per heavy atom. The Morgan fingerprint density at radius 3 is 2.88 bits per heavy atom. The van der Waals surface area contributed by atoms with Gasteiger partial charge in [-0.2, -0.15) is 0 Å². The minimum Gasteiger partial charge on any atom is -0.378 e. The van der Waals surface area contributed by atoms with Crippen LogP contribution in [0.3, 0.4) is 0 Å². The summed E-state index contributed by atoms with van der Waals surface area (Å²) in [6.07, 6.45) is 0.509. The number of nitrogens with one attached hydrogen (secondary N) is 1. The van der Waals surface area contributed by atoms with E-state index in [4.69, 9.17) is 4.74 Å². The van der Waals surface area contributed by atoms with Gasteiger partial charge < -0.3 is 10.1 Å². The highest BCUT2D eigenvalue weighted by Crippen LogP contribution is 2.13. The minimum absolute atomic E-state index is 0.144. The molecular formula is C14H19NO2. The van der Waals surface area contributed by atoms with E-state index in [1.54, 1.807) is 0 Å². The molecule has 0 radical (unpaired) electrons. The maximum atomic E-state index is 12.1. The standard InChI is InChI=1S/C14H19NO2/c1-10-5-3-4-6-13(10)14(16)7-12-9-17-8-11(2)15-12/h3-6,11-12,15H,7-9H2,1-2H3. The lowest BCUT2D eigenvalue weighted by Crippen LogP contribution is -2.48. The summed E-state index contributed by atoms with van der Waals surface area (Å²) in [5, 5.41) is 3.39. The van der Waals surface area contributed by atoms with Gasteiger partial charge in [0.1, 0.15) is 0 Å². The van der Waals surface area contributed by atoms with Crippen molar-refractivity contribution in [1.82, 2.24) is 5.32 Å². The van der Waals surface area contributed by atoms with E-state index in [-0.39, 0.29) is 11.8 Å². The first-order valence-electron chi connectivity index (χ1n) is 6.09. The molecule has 1 aromatic rings. The second-order valence-corrected chi connectivity index (χ2v) is 4.74. The highest BCUT2D eigenvalue weighted by atomic mass is 16.5. The number of Topliss-reactive ketones (excluding diaryl/α,β-unsaturated/α-hetero) is 1. The van der Waals surface area contributed by atoms with Crippen molar-refractivity contribution in [3.8, 4) is 0 Å². The molecular weight excluding hydrogens is 214 g/mol. The molecule has 1 aliphatic heterocycles. The van der Waals surface area contributed by atoms with Crippen molar-refractivity contribution in [3.05, 3.63) is 35.4 Å². The average molecular weight is 233 g/mol. The molecule has 17 heavy (non-hydrogen) atoms. The van der Waals surface area contributed by atoms with Crippen LogP contribution in [0.25, 0.3) is 0 Å².